The first kappa shape index (κ1) is 11.5. The first-order valence-corrected chi connectivity index (χ1v) is 5.42. The molecule has 1 aromatic heterocycles. The maximum absolute atomic E-state index is 11.6. The quantitative estimate of drug-likeness (QED) is 0.836. The lowest BCUT2D eigenvalue weighted by Crippen LogP contribution is -2.48. The predicted octanol–water partition coefficient (Wildman–Crippen LogP) is 1.87. The van der Waals surface area contributed by atoms with Crippen molar-refractivity contribution in [3.63, 3.8) is 0 Å². The van der Waals surface area contributed by atoms with Gasteiger partial charge in [-0.15, -0.1) is 11.3 Å². The number of nitrogens with two attached hydrogens (primary N) is 1. The van der Waals surface area contributed by atoms with Crippen molar-refractivity contribution in [2.24, 2.45) is 5.73 Å². The molecule has 0 bridgehead atoms. The van der Waals surface area contributed by atoms with Gasteiger partial charge in [-0.1, -0.05) is 11.6 Å². The Balaban J connectivity index is 2.68. The van der Waals surface area contributed by atoms with E-state index in [0.29, 0.717) is 15.8 Å². The summed E-state index contributed by atoms with van der Waals surface area (Å²) in [5, 5.41) is 2.82. The van der Waals surface area contributed by atoms with Gasteiger partial charge in [0.05, 0.1) is 9.21 Å². The van der Waals surface area contributed by atoms with Gasteiger partial charge in [0, 0.05) is 12.1 Å². The Kier molecular flexibility index (Phi) is 3.53. The molecule has 1 heterocycles. The number of carbonyl (C=O) groups is 1. The maximum Gasteiger partial charge on any atom is 0.261 e. The van der Waals surface area contributed by atoms with Crippen molar-refractivity contribution < 1.29 is 4.79 Å². The molecule has 3 N–H and O–H groups in total. The van der Waals surface area contributed by atoms with E-state index in [1.165, 1.54) is 11.3 Å². The Morgan fingerprint density at radius 3 is 2.71 bits per heavy atom. The molecule has 1 aromatic rings. The first-order chi connectivity index (χ1) is 6.44. The molecule has 0 unspecified atom stereocenters. The second kappa shape index (κ2) is 4.29. The van der Waals surface area contributed by atoms with Crippen LogP contribution in [0.2, 0.25) is 4.34 Å². The number of thiophene rings is 1. The number of carbonyl (C=O) groups excluding carboxylic acids is 1. The highest BCUT2D eigenvalue weighted by Gasteiger charge is 2.19. The van der Waals surface area contributed by atoms with Crippen LogP contribution in [0, 0.1) is 0 Å². The summed E-state index contributed by atoms with van der Waals surface area (Å²) in [6, 6.07) is 3.41. The van der Waals surface area contributed by atoms with Crippen molar-refractivity contribution >= 4 is 28.8 Å². The van der Waals surface area contributed by atoms with E-state index >= 15 is 0 Å². The van der Waals surface area contributed by atoms with E-state index in [1.54, 1.807) is 12.1 Å². The molecule has 5 heteroatoms. The van der Waals surface area contributed by atoms with Gasteiger partial charge < -0.3 is 11.1 Å². The SMILES string of the molecule is CC(C)(CN)NC(=O)c1ccc(Cl)s1. The largest absolute Gasteiger partial charge is 0.345 e. The minimum absolute atomic E-state index is 0.127. The maximum atomic E-state index is 11.6. The molecule has 0 atom stereocenters. The van der Waals surface area contributed by atoms with E-state index in [0.717, 1.165) is 0 Å². The fraction of sp³-hybridized carbons (Fsp3) is 0.444. The van der Waals surface area contributed by atoms with Crippen molar-refractivity contribution in [1.82, 2.24) is 5.32 Å². The standard InChI is InChI=1S/C9H13ClN2OS/c1-9(2,5-11)12-8(13)6-3-4-7(10)14-6/h3-4H,5,11H2,1-2H3,(H,12,13). The summed E-state index contributed by atoms with van der Waals surface area (Å²) in [5.74, 6) is -0.127. The van der Waals surface area contributed by atoms with E-state index in [1.807, 2.05) is 13.8 Å². The van der Waals surface area contributed by atoms with Crippen molar-refractivity contribution in [2.45, 2.75) is 19.4 Å². The molecule has 0 fully saturated rings. The molecule has 0 aliphatic rings. The Hall–Kier alpha value is -0.580. The molecule has 0 spiro atoms. The molecule has 1 amide bonds. The number of hydrogen-bond donors (Lipinski definition) is 2. The molecule has 0 radical (unpaired) electrons. The summed E-state index contributed by atoms with van der Waals surface area (Å²) in [6.45, 7) is 4.15. The zero-order chi connectivity index (χ0) is 10.8. The topological polar surface area (TPSA) is 55.1 Å². The van der Waals surface area contributed by atoms with Crippen LogP contribution in [0.15, 0.2) is 12.1 Å². The number of hydrogen-bond acceptors (Lipinski definition) is 3. The van der Waals surface area contributed by atoms with Crippen LogP contribution in [0.25, 0.3) is 0 Å². The minimum Gasteiger partial charge on any atom is -0.345 e. The average Bonchev–Trinajstić information content (AvgIpc) is 2.51. The van der Waals surface area contributed by atoms with Crippen LogP contribution in [0.3, 0.4) is 0 Å². The van der Waals surface area contributed by atoms with Gasteiger partial charge in [0.1, 0.15) is 0 Å². The summed E-state index contributed by atoms with van der Waals surface area (Å²) < 4.78 is 0.612. The van der Waals surface area contributed by atoms with Gasteiger partial charge in [0.25, 0.3) is 5.91 Å². The first-order valence-electron chi connectivity index (χ1n) is 4.22. The Labute approximate surface area is 92.3 Å². The minimum atomic E-state index is -0.381. The molecule has 0 saturated carbocycles. The zero-order valence-electron chi connectivity index (χ0n) is 8.13. The molecule has 14 heavy (non-hydrogen) atoms. The summed E-state index contributed by atoms with van der Waals surface area (Å²) in [6.07, 6.45) is 0. The molecule has 0 aromatic carbocycles. The lowest BCUT2D eigenvalue weighted by atomic mass is 10.1. The van der Waals surface area contributed by atoms with E-state index in [4.69, 9.17) is 17.3 Å². The van der Waals surface area contributed by atoms with Crippen LogP contribution < -0.4 is 11.1 Å². The third kappa shape index (κ3) is 2.97. The number of nitrogens with one attached hydrogen (secondary N) is 1. The van der Waals surface area contributed by atoms with Gasteiger partial charge in [-0.3, -0.25) is 4.79 Å². The van der Waals surface area contributed by atoms with Gasteiger partial charge in [-0.2, -0.15) is 0 Å². The van der Waals surface area contributed by atoms with Gasteiger partial charge >= 0.3 is 0 Å². The van der Waals surface area contributed by atoms with Crippen molar-refractivity contribution in [3.05, 3.63) is 21.3 Å². The molecule has 0 aliphatic carbocycles. The second-order valence-corrected chi connectivity index (χ2v) is 5.36. The van der Waals surface area contributed by atoms with Crippen LogP contribution >= 0.6 is 22.9 Å². The highest BCUT2D eigenvalue weighted by atomic mass is 35.5. The Morgan fingerprint density at radius 2 is 2.29 bits per heavy atom. The third-order valence-electron chi connectivity index (χ3n) is 1.76. The predicted molar refractivity (Wildman–Crippen MR) is 59.9 cm³/mol. The lowest BCUT2D eigenvalue weighted by molar-refractivity contribution is 0.0920. The molecule has 1 rings (SSSR count). The lowest BCUT2D eigenvalue weighted by Gasteiger charge is -2.23. The highest BCUT2D eigenvalue weighted by molar-refractivity contribution is 7.17. The zero-order valence-corrected chi connectivity index (χ0v) is 9.71. The van der Waals surface area contributed by atoms with E-state index in [9.17, 15) is 4.79 Å². The van der Waals surface area contributed by atoms with Gasteiger partial charge in [-0.25, -0.2) is 0 Å². The number of amides is 1. The molecular formula is C9H13ClN2OS. The average molecular weight is 233 g/mol. The Morgan fingerprint density at radius 1 is 1.64 bits per heavy atom. The van der Waals surface area contributed by atoms with Gasteiger partial charge in [-0.05, 0) is 26.0 Å². The smallest absolute Gasteiger partial charge is 0.261 e. The number of rotatable bonds is 3. The fourth-order valence-corrected chi connectivity index (χ4v) is 1.79. The van der Waals surface area contributed by atoms with Crippen LogP contribution in [0.5, 0.6) is 0 Å². The van der Waals surface area contributed by atoms with E-state index in [2.05, 4.69) is 5.32 Å². The summed E-state index contributed by atoms with van der Waals surface area (Å²) in [7, 11) is 0. The van der Waals surface area contributed by atoms with Crippen molar-refractivity contribution in [3.8, 4) is 0 Å². The van der Waals surface area contributed by atoms with Crippen molar-refractivity contribution in [1.29, 1.82) is 0 Å². The van der Waals surface area contributed by atoms with E-state index < -0.39 is 0 Å². The number of halogens is 1. The molecular weight excluding hydrogens is 220 g/mol. The van der Waals surface area contributed by atoms with Crippen molar-refractivity contribution in [2.75, 3.05) is 6.54 Å². The normalized spacial score (nSPS) is 11.4. The van der Waals surface area contributed by atoms with Crippen LogP contribution in [0.1, 0.15) is 23.5 Å². The molecule has 0 aliphatic heterocycles. The summed E-state index contributed by atoms with van der Waals surface area (Å²) in [5.41, 5.74) is 5.12. The van der Waals surface area contributed by atoms with E-state index in [-0.39, 0.29) is 11.4 Å². The van der Waals surface area contributed by atoms with Gasteiger partial charge in [0.2, 0.25) is 0 Å². The fourth-order valence-electron chi connectivity index (χ4n) is 0.856. The molecule has 3 nitrogen and oxygen atoms in total. The van der Waals surface area contributed by atoms with Crippen LogP contribution in [-0.2, 0) is 0 Å². The summed E-state index contributed by atoms with van der Waals surface area (Å²) >= 11 is 6.98. The molecule has 0 saturated heterocycles. The van der Waals surface area contributed by atoms with Crippen LogP contribution in [0.4, 0.5) is 0 Å². The molecule has 78 valence electrons. The van der Waals surface area contributed by atoms with Gasteiger partial charge in [0.15, 0.2) is 0 Å². The Bertz CT molecular complexity index is 335. The second-order valence-electron chi connectivity index (χ2n) is 3.65. The summed E-state index contributed by atoms with van der Waals surface area (Å²) in [4.78, 5) is 12.2. The third-order valence-corrected chi connectivity index (χ3v) is 2.99. The monoisotopic (exact) mass is 232 g/mol. The highest BCUT2D eigenvalue weighted by Crippen LogP contribution is 2.21. The van der Waals surface area contributed by atoms with Crippen LogP contribution in [-0.4, -0.2) is 18.0 Å².